The number of benzene rings is 1. The lowest BCUT2D eigenvalue weighted by molar-refractivity contribution is -0.0883. The molecule has 0 unspecified atom stereocenters. The summed E-state index contributed by atoms with van der Waals surface area (Å²) in [5.74, 6) is 0.573. The molecule has 0 amide bonds. The van der Waals surface area contributed by atoms with E-state index in [2.05, 4.69) is 40.8 Å². The van der Waals surface area contributed by atoms with Crippen LogP contribution >= 0.6 is 0 Å². The summed E-state index contributed by atoms with van der Waals surface area (Å²) in [6.45, 7) is 18.2. The molecule has 5 atom stereocenters. The molecule has 0 aliphatic rings. The minimum Gasteiger partial charge on any atom is -0.497 e. The molecule has 0 spiro atoms. The SMILES string of the molecule is COc1ccc(CO[C@@H]([C@H](C)[C@@H](O)[C@@H](C)CO)[C@@H](C)CO[Si](C)(C)C(C)(C)C)cc1. The fraction of sp³-hybridized carbons (Fsp3) is 0.750. The molecule has 0 radical (unpaired) electrons. The van der Waals surface area contributed by atoms with Gasteiger partial charge in [0.25, 0.3) is 0 Å². The molecule has 0 bridgehead atoms. The van der Waals surface area contributed by atoms with E-state index < -0.39 is 14.4 Å². The van der Waals surface area contributed by atoms with Crippen molar-refractivity contribution in [3.8, 4) is 5.75 Å². The Hall–Kier alpha value is -0.923. The van der Waals surface area contributed by atoms with Gasteiger partial charge in [-0.05, 0) is 35.8 Å². The Morgan fingerprint density at radius 3 is 2.03 bits per heavy atom. The second-order valence-corrected chi connectivity index (χ2v) is 15.0. The van der Waals surface area contributed by atoms with Crippen molar-refractivity contribution >= 4 is 8.32 Å². The van der Waals surface area contributed by atoms with E-state index >= 15 is 0 Å². The van der Waals surface area contributed by atoms with Crippen molar-refractivity contribution in [2.24, 2.45) is 17.8 Å². The molecule has 0 aliphatic heterocycles. The molecule has 2 N–H and O–H groups in total. The first-order chi connectivity index (χ1) is 13.8. The summed E-state index contributed by atoms with van der Waals surface area (Å²) in [5, 5.41) is 20.4. The largest absolute Gasteiger partial charge is 0.497 e. The van der Waals surface area contributed by atoms with Crippen molar-refractivity contribution in [1.82, 2.24) is 0 Å². The van der Waals surface area contributed by atoms with Crippen molar-refractivity contribution in [3.05, 3.63) is 29.8 Å². The topological polar surface area (TPSA) is 68.2 Å². The number of ether oxygens (including phenoxy) is 2. The van der Waals surface area contributed by atoms with Gasteiger partial charge in [0, 0.05) is 31.0 Å². The first kappa shape index (κ1) is 27.1. The molecular weight excluding hydrogens is 396 g/mol. The van der Waals surface area contributed by atoms with Crippen LogP contribution < -0.4 is 4.74 Å². The fourth-order valence-electron chi connectivity index (χ4n) is 3.22. The van der Waals surface area contributed by atoms with Gasteiger partial charge in [-0.25, -0.2) is 0 Å². The molecule has 1 aromatic carbocycles. The Bertz CT molecular complexity index is 611. The first-order valence-corrected chi connectivity index (χ1v) is 13.9. The van der Waals surface area contributed by atoms with Gasteiger partial charge in [-0.3, -0.25) is 0 Å². The Balaban J connectivity index is 2.92. The standard InChI is InChI=1S/C24H44O5Si/c1-17(14-25)22(26)19(3)23(18(2)15-29-30(8,9)24(4,5)6)28-16-20-10-12-21(27-7)13-11-20/h10-13,17-19,22-23,25-26H,14-16H2,1-9H3/t17-,18-,19+,22-,23+/m0/s1. The van der Waals surface area contributed by atoms with Gasteiger partial charge in [0.05, 0.1) is 25.9 Å². The van der Waals surface area contributed by atoms with Gasteiger partial charge in [-0.15, -0.1) is 0 Å². The maximum Gasteiger partial charge on any atom is 0.191 e. The number of hydrogen-bond acceptors (Lipinski definition) is 5. The van der Waals surface area contributed by atoms with Crippen LogP contribution in [0.25, 0.3) is 0 Å². The minimum absolute atomic E-state index is 0.0500. The van der Waals surface area contributed by atoms with E-state index in [1.807, 2.05) is 38.1 Å². The number of methoxy groups -OCH3 is 1. The number of rotatable bonds is 12. The molecular formula is C24H44O5Si. The Labute approximate surface area is 184 Å². The highest BCUT2D eigenvalue weighted by Crippen LogP contribution is 2.37. The normalized spacial score (nSPS) is 17.8. The van der Waals surface area contributed by atoms with Gasteiger partial charge < -0.3 is 24.1 Å². The average Bonchev–Trinajstić information content (AvgIpc) is 2.70. The van der Waals surface area contributed by atoms with Crippen LogP contribution in [-0.2, 0) is 15.8 Å². The predicted molar refractivity (Wildman–Crippen MR) is 125 cm³/mol. The third-order valence-electron chi connectivity index (χ3n) is 6.60. The van der Waals surface area contributed by atoms with Crippen LogP contribution in [0.15, 0.2) is 24.3 Å². The van der Waals surface area contributed by atoms with Crippen LogP contribution in [0.4, 0.5) is 0 Å². The maximum absolute atomic E-state index is 10.7. The molecule has 5 nitrogen and oxygen atoms in total. The number of hydrogen-bond donors (Lipinski definition) is 2. The van der Waals surface area contributed by atoms with Gasteiger partial charge in [0.1, 0.15) is 5.75 Å². The summed E-state index contributed by atoms with van der Waals surface area (Å²) in [6, 6.07) is 7.82. The van der Waals surface area contributed by atoms with E-state index in [4.69, 9.17) is 13.9 Å². The van der Waals surface area contributed by atoms with E-state index in [0.29, 0.717) is 13.2 Å². The fourth-order valence-corrected chi connectivity index (χ4v) is 4.33. The van der Waals surface area contributed by atoms with Crippen LogP contribution in [-0.4, -0.2) is 51.1 Å². The summed E-state index contributed by atoms with van der Waals surface area (Å²) in [7, 11) is -0.224. The smallest absolute Gasteiger partial charge is 0.191 e. The van der Waals surface area contributed by atoms with Crippen molar-refractivity contribution in [2.75, 3.05) is 20.3 Å². The van der Waals surface area contributed by atoms with Gasteiger partial charge in [0.2, 0.25) is 0 Å². The van der Waals surface area contributed by atoms with Gasteiger partial charge in [-0.2, -0.15) is 0 Å². The Morgan fingerprint density at radius 2 is 1.57 bits per heavy atom. The summed E-state index contributed by atoms with van der Waals surface area (Å²) < 4.78 is 18.0. The van der Waals surface area contributed by atoms with Crippen LogP contribution in [0, 0.1) is 17.8 Å². The number of aliphatic hydroxyl groups is 2. The molecule has 0 aromatic heterocycles. The summed E-state index contributed by atoms with van der Waals surface area (Å²) >= 11 is 0. The molecule has 30 heavy (non-hydrogen) atoms. The quantitative estimate of drug-likeness (QED) is 0.454. The molecule has 1 rings (SSSR count). The van der Waals surface area contributed by atoms with Crippen molar-refractivity contribution in [1.29, 1.82) is 0 Å². The lowest BCUT2D eigenvalue weighted by Crippen LogP contribution is -2.45. The highest BCUT2D eigenvalue weighted by atomic mass is 28.4. The first-order valence-electron chi connectivity index (χ1n) is 11.0. The van der Waals surface area contributed by atoms with Gasteiger partial charge in [-0.1, -0.05) is 53.7 Å². The van der Waals surface area contributed by atoms with E-state index in [1.165, 1.54) is 0 Å². The molecule has 0 saturated heterocycles. The summed E-state index contributed by atoms with van der Waals surface area (Å²) in [6.07, 6.45) is -0.841. The van der Waals surface area contributed by atoms with Gasteiger partial charge >= 0.3 is 0 Å². The van der Waals surface area contributed by atoms with Crippen molar-refractivity contribution < 1.29 is 24.1 Å². The third kappa shape index (κ3) is 7.64. The number of aliphatic hydroxyl groups excluding tert-OH is 2. The molecule has 6 heteroatoms. The second-order valence-electron chi connectivity index (χ2n) is 10.2. The zero-order valence-corrected chi connectivity index (χ0v) is 21.4. The van der Waals surface area contributed by atoms with E-state index in [-0.39, 0.29) is 35.5 Å². The highest BCUT2D eigenvalue weighted by Gasteiger charge is 2.39. The lowest BCUT2D eigenvalue weighted by atomic mass is 9.84. The highest BCUT2D eigenvalue weighted by molar-refractivity contribution is 6.74. The molecule has 174 valence electrons. The molecule has 1 aromatic rings. The minimum atomic E-state index is -1.87. The average molecular weight is 441 g/mol. The lowest BCUT2D eigenvalue weighted by Gasteiger charge is -2.39. The molecule has 0 heterocycles. The summed E-state index contributed by atoms with van der Waals surface area (Å²) in [4.78, 5) is 0. The molecule has 0 saturated carbocycles. The monoisotopic (exact) mass is 440 g/mol. The third-order valence-corrected chi connectivity index (χ3v) is 11.1. The molecule has 0 fully saturated rings. The maximum atomic E-state index is 10.7. The van der Waals surface area contributed by atoms with E-state index in [9.17, 15) is 10.2 Å². The zero-order chi connectivity index (χ0) is 23.1. The van der Waals surface area contributed by atoms with E-state index in [0.717, 1.165) is 11.3 Å². The van der Waals surface area contributed by atoms with Crippen molar-refractivity contribution in [3.63, 3.8) is 0 Å². The Kier molecular flexibility index (Phi) is 10.5. The van der Waals surface area contributed by atoms with Crippen LogP contribution in [0.1, 0.15) is 47.1 Å². The Morgan fingerprint density at radius 1 is 1.00 bits per heavy atom. The molecule has 0 aliphatic carbocycles. The van der Waals surface area contributed by atoms with Crippen LogP contribution in [0.3, 0.4) is 0 Å². The second kappa shape index (κ2) is 11.6. The zero-order valence-electron chi connectivity index (χ0n) is 20.4. The van der Waals surface area contributed by atoms with Crippen LogP contribution in [0.5, 0.6) is 5.75 Å². The van der Waals surface area contributed by atoms with Crippen LogP contribution in [0.2, 0.25) is 18.1 Å². The summed E-state index contributed by atoms with van der Waals surface area (Å²) in [5.41, 5.74) is 1.05. The van der Waals surface area contributed by atoms with Crippen molar-refractivity contribution in [2.45, 2.75) is 78.5 Å². The van der Waals surface area contributed by atoms with E-state index in [1.54, 1.807) is 7.11 Å². The predicted octanol–water partition coefficient (Wildman–Crippen LogP) is 4.86. The van der Waals surface area contributed by atoms with Gasteiger partial charge in [0.15, 0.2) is 8.32 Å².